The lowest BCUT2D eigenvalue weighted by molar-refractivity contribution is 0.367. The molecule has 0 radical (unpaired) electrons. The summed E-state index contributed by atoms with van der Waals surface area (Å²) in [5, 5.41) is 3.47. The van der Waals surface area contributed by atoms with E-state index in [1.54, 1.807) is 13.3 Å². The van der Waals surface area contributed by atoms with Crippen molar-refractivity contribution in [1.82, 2.24) is 24.8 Å². The summed E-state index contributed by atoms with van der Waals surface area (Å²) < 4.78 is 7.49. The first-order chi connectivity index (χ1) is 15.2. The van der Waals surface area contributed by atoms with Gasteiger partial charge < -0.3 is 19.9 Å². The number of nitrogens with one attached hydrogen (secondary N) is 1. The van der Waals surface area contributed by atoms with Crippen molar-refractivity contribution in [1.29, 1.82) is 0 Å². The van der Waals surface area contributed by atoms with E-state index in [0.29, 0.717) is 6.54 Å². The minimum absolute atomic E-state index is 0.676. The van der Waals surface area contributed by atoms with Gasteiger partial charge in [-0.25, -0.2) is 9.97 Å². The second kappa shape index (κ2) is 9.51. The van der Waals surface area contributed by atoms with Crippen LogP contribution in [0.25, 0.3) is 5.82 Å². The molecule has 0 atom stereocenters. The molecule has 3 heterocycles. The van der Waals surface area contributed by atoms with E-state index in [0.717, 1.165) is 60.8 Å². The highest BCUT2D eigenvalue weighted by Crippen LogP contribution is 2.28. The van der Waals surface area contributed by atoms with Crippen molar-refractivity contribution in [2.24, 2.45) is 4.99 Å². The minimum Gasteiger partial charge on any atom is -0.495 e. The molecule has 2 aromatic heterocycles. The lowest BCUT2D eigenvalue weighted by atomic mass is 10.2. The molecule has 8 nitrogen and oxygen atoms in total. The lowest BCUT2D eigenvalue weighted by Crippen LogP contribution is -2.52. The molecule has 0 aliphatic carbocycles. The van der Waals surface area contributed by atoms with Crippen molar-refractivity contribution < 1.29 is 4.74 Å². The van der Waals surface area contributed by atoms with Gasteiger partial charge in [0.05, 0.1) is 12.8 Å². The smallest absolute Gasteiger partial charge is 0.194 e. The SMILES string of the molecule is CN=C(NCc1ccc(-n2ccnc2C)nc1)N1CCN(c2ccccc2OC)CC1. The predicted molar refractivity (Wildman–Crippen MR) is 123 cm³/mol. The summed E-state index contributed by atoms with van der Waals surface area (Å²) in [6.07, 6.45) is 5.60. The van der Waals surface area contributed by atoms with E-state index in [2.05, 4.69) is 48.3 Å². The number of methoxy groups -OCH3 is 1. The van der Waals surface area contributed by atoms with Gasteiger partial charge in [0.25, 0.3) is 0 Å². The number of nitrogens with zero attached hydrogens (tertiary/aromatic N) is 6. The van der Waals surface area contributed by atoms with Crippen LogP contribution in [0.2, 0.25) is 0 Å². The monoisotopic (exact) mass is 419 g/mol. The quantitative estimate of drug-likeness (QED) is 0.506. The zero-order valence-corrected chi connectivity index (χ0v) is 18.3. The highest BCUT2D eigenvalue weighted by molar-refractivity contribution is 5.80. The Bertz CT molecular complexity index is 1020. The maximum atomic E-state index is 5.52. The minimum atomic E-state index is 0.676. The van der Waals surface area contributed by atoms with Gasteiger partial charge in [-0.1, -0.05) is 18.2 Å². The number of hydrogen-bond acceptors (Lipinski definition) is 5. The van der Waals surface area contributed by atoms with Crippen LogP contribution in [0.4, 0.5) is 5.69 Å². The van der Waals surface area contributed by atoms with Gasteiger partial charge in [-0.3, -0.25) is 9.56 Å². The highest BCUT2D eigenvalue weighted by Gasteiger charge is 2.21. The van der Waals surface area contributed by atoms with E-state index in [-0.39, 0.29) is 0 Å². The van der Waals surface area contributed by atoms with Crippen molar-refractivity contribution in [3.63, 3.8) is 0 Å². The number of rotatable bonds is 5. The van der Waals surface area contributed by atoms with Gasteiger partial charge in [-0.15, -0.1) is 0 Å². The molecule has 1 fully saturated rings. The summed E-state index contributed by atoms with van der Waals surface area (Å²) in [6, 6.07) is 12.3. The first-order valence-corrected chi connectivity index (χ1v) is 10.5. The summed E-state index contributed by atoms with van der Waals surface area (Å²) in [7, 11) is 3.55. The Kier molecular flexibility index (Phi) is 6.35. The number of ether oxygens (including phenoxy) is 1. The first kappa shape index (κ1) is 20.7. The Morgan fingerprint density at radius 3 is 2.55 bits per heavy atom. The van der Waals surface area contributed by atoms with Crippen molar-refractivity contribution >= 4 is 11.6 Å². The summed E-state index contributed by atoms with van der Waals surface area (Å²) in [5.41, 5.74) is 2.25. The van der Waals surface area contributed by atoms with Crippen LogP contribution in [0.3, 0.4) is 0 Å². The van der Waals surface area contributed by atoms with Crippen LogP contribution in [-0.4, -0.2) is 65.7 Å². The van der Waals surface area contributed by atoms with E-state index in [4.69, 9.17) is 4.74 Å². The number of pyridine rings is 1. The van der Waals surface area contributed by atoms with Crippen molar-refractivity contribution in [3.8, 4) is 11.6 Å². The number of aliphatic imine (C=N–C) groups is 1. The van der Waals surface area contributed by atoms with Crippen molar-refractivity contribution in [3.05, 3.63) is 66.4 Å². The number of anilines is 1. The van der Waals surface area contributed by atoms with Crippen LogP contribution >= 0.6 is 0 Å². The molecule has 8 heteroatoms. The topological polar surface area (TPSA) is 70.8 Å². The molecule has 4 rings (SSSR count). The van der Waals surface area contributed by atoms with Gasteiger partial charge in [-0.2, -0.15) is 0 Å². The molecule has 31 heavy (non-hydrogen) atoms. The molecule has 162 valence electrons. The molecule has 1 N–H and O–H groups in total. The van der Waals surface area contributed by atoms with Gasteiger partial charge >= 0.3 is 0 Å². The van der Waals surface area contributed by atoms with Crippen molar-refractivity contribution in [2.75, 3.05) is 45.2 Å². The average molecular weight is 420 g/mol. The number of imidazole rings is 1. The molecule has 1 saturated heterocycles. The van der Waals surface area contributed by atoms with Crippen LogP contribution in [0.5, 0.6) is 5.75 Å². The largest absolute Gasteiger partial charge is 0.495 e. The molecule has 0 bridgehead atoms. The number of para-hydroxylation sites is 2. The van der Waals surface area contributed by atoms with Crippen LogP contribution in [0.15, 0.2) is 60.0 Å². The van der Waals surface area contributed by atoms with E-state index in [1.807, 2.05) is 49.1 Å². The summed E-state index contributed by atoms with van der Waals surface area (Å²) >= 11 is 0. The maximum Gasteiger partial charge on any atom is 0.194 e. The van der Waals surface area contributed by atoms with Crippen LogP contribution < -0.4 is 15.0 Å². The van der Waals surface area contributed by atoms with Gasteiger partial charge in [0, 0.05) is 58.4 Å². The Morgan fingerprint density at radius 1 is 1.10 bits per heavy atom. The highest BCUT2D eigenvalue weighted by atomic mass is 16.5. The standard InChI is InChI=1S/C23H29N7O/c1-18-25-10-11-30(18)22-9-8-19(16-26-22)17-27-23(24-2)29-14-12-28(13-15-29)20-6-4-5-7-21(20)31-3/h4-11,16H,12-15,17H2,1-3H3,(H,24,27). The Morgan fingerprint density at radius 2 is 1.90 bits per heavy atom. The fourth-order valence-corrected chi connectivity index (χ4v) is 3.85. The van der Waals surface area contributed by atoms with Gasteiger partial charge in [-0.05, 0) is 30.7 Å². The third kappa shape index (κ3) is 4.63. The molecular formula is C23H29N7O. The van der Waals surface area contributed by atoms with Gasteiger partial charge in [0.15, 0.2) is 5.96 Å². The van der Waals surface area contributed by atoms with E-state index >= 15 is 0 Å². The number of benzene rings is 1. The van der Waals surface area contributed by atoms with Gasteiger partial charge in [0.1, 0.15) is 17.4 Å². The van der Waals surface area contributed by atoms with Crippen LogP contribution in [0.1, 0.15) is 11.4 Å². The molecule has 0 amide bonds. The summed E-state index contributed by atoms with van der Waals surface area (Å²) in [6.45, 7) is 6.27. The normalized spacial score (nSPS) is 14.6. The van der Waals surface area contributed by atoms with Crippen LogP contribution in [-0.2, 0) is 6.54 Å². The van der Waals surface area contributed by atoms with E-state index in [9.17, 15) is 0 Å². The fourth-order valence-electron chi connectivity index (χ4n) is 3.85. The molecular weight excluding hydrogens is 390 g/mol. The molecule has 1 aromatic carbocycles. The molecule has 0 spiro atoms. The first-order valence-electron chi connectivity index (χ1n) is 10.5. The fraction of sp³-hybridized carbons (Fsp3) is 0.348. The molecule has 0 saturated carbocycles. The number of guanidine groups is 1. The zero-order chi connectivity index (χ0) is 21.6. The summed E-state index contributed by atoms with van der Waals surface area (Å²) in [4.78, 5) is 18.0. The second-order valence-electron chi connectivity index (χ2n) is 7.42. The number of aryl methyl sites for hydroxylation is 1. The average Bonchev–Trinajstić information content (AvgIpc) is 3.26. The number of aromatic nitrogens is 3. The van der Waals surface area contributed by atoms with Crippen molar-refractivity contribution in [2.45, 2.75) is 13.5 Å². The molecule has 0 unspecified atom stereocenters. The third-order valence-electron chi connectivity index (χ3n) is 5.55. The number of piperazine rings is 1. The second-order valence-corrected chi connectivity index (χ2v) is 7.42. The van der Waals surface area contributed by atoms with Crippen LogP contribution in [0, 0.1) is 6.92 Å². The van der Waals surface area contributed by atoms with Gasteiger partial charge in [0.2, 0.25) is 0 Å². The Hall–Kier alpha value is -3.55. The zero-order valence-electron chi connectivity index (χ0n) is 18.3. The van der Waals surface area contributed by atoms with E-state index < -0.39 is 0 Å². The third-order valence-corrected chi connectivity index (χ3v) is 5.55. The lowest BCUT2D eigenvalue weighted by Gasteiger charge is -2.38. The molecule has 1 aliphatic rings. The Balaban J connectivity index is 1.33. The summed E-state index contributed by atoms with van der Waals surface area (Å²) in [5.74, 6) is 3.62. The molecule has 3 aromatic rings. The predicted octanol–water partition coefficient (Wildman–Crippen LogP) is 2.48. The number of hydrogen-bond donors (Lipinski definition) is 1. The Labute approximate surface area is 183 Å². The molecule has 1 aliphatic heterocycles. The maximum absolute atomic E-state index is 5.52. The van der Waals surface area contributed by atoms with E-state index in [1.165, 1.54) is 0 Å².